The van der Waals surface area contributed by atoms with Crippen molar-refractivity contribution in [3.05, 3.63) is 95.7 Å². The van der Waals surface area contributed by atoms with Gasteiger partial charge in [-0.15, -0.1) is 5.06 Å². The van der Waals surface area contributed by atoms with Crippen molar-refractivity contribution >= 4 is 96.9 Å². The fourth-order valence-electron chi connectivity index (χ4n) is 9.28. The van der Waals surface area contributed by atoms with E-state index in [-0.39, 0.29) is 40.8 Å². The average molecular weight is 1000 g/mol. The van der Waals surface area contributed by atoms with Crippen molar-refractivity contribution in [3.63, 3.8) is 0 Å². The van der Waals surface area contributed by atoms with Crippen molar-refractivity contribution < 1.29 is 75.7 Å². The van der Waals surface area contributed by atoms with Crippen LogP contribution in [0.1, 0.15) is 77.3 Å². The second kappa shape index (κ2) is 17.1. The number of nitrogens with zero attached hydrogens (tertiary/aromatic N) is 3. The highest BCUT2D eigenvalue weighted by atomic mass is 32.2. The molecule has 3 aliphatic heterocycles. The number of allylic oxidation sites excluding steroid dienone is 6. The van der Waals surface area contributed by atoms with Gasteiger partial charge in [-0.25, -0.2) is 4.79 Å². The number of unbranched alkanes of at least 4 members (excludes halogenated alkanes) is 2. The van der Waals surface area contributed by atoms with Gasteiger partial charge in [-0.2, -0.15) is 38.2 Å². The molecule has 0 aliphatic carbocycles. The molecular formula is C44H46N3O16S4+. The molecule has 0 spiro atoms. The highest BCUT2D eigenvalue weighted by Crippen LogP contribution is 2.52. The first-order valence-corrected chi connectivity index (χ1v) is 26.3. The summed E-state index contributed by atoms with van der Waals surface area (Å²) >= 11 is 0. The van der Waals surface area contributed by atoms with Gasteiger partial charge in [0.2, 0.25) is 5.69 Å². The number of benzene rings is 4. The Morgan fingerprint density at radius 3 is 1.75 bits per heavy atom. The molecule has 1 saturated heterocycles. The lowest BCUT2D eigenvalue weighted by Crippen LogP contribution is -2.32. The van der Waals surface area contributed by atoms with E-state index in [4.69, 9.17) is 4.84 Å². The van der Waals surface area contributed by atoms with Gasteiger partial charge in [-0.1, -0.05) is 44.6 Å². The van der Waals surface area contributed by atoms with Crippen LogP contribution in [-0.4, -0.2) is 98.6 Å². The standard InChI is InChI=1S/C44H45N3O16S4/c1-43(2)36(45(5)32-17-15-28-30(41(32)43)22-26(64(51,52)53)24-34(28)66(57,58)59)12-8-6-9-13-37-44(3,4)42-31-23-27(65(54,55)56)25-35(67(60,61)62)29(31)16-18-33(42)46(37)21-11-7-10-14-40(50)63-47-38(48)19-20-39(47)49/h6,8-9,12-13,15-18,22-25H,7,10-11,14,19-21H2,1-5H3,(H3-,51,52,53,54,55,56,57,58,59,60,61,62)/p+1. The maximum atomic E-state index is 12.6. The molecule has 3 aliphatic rings. The summed E-state index contributed by atoms with van der Waals surface area (Å²) in [5, 5.41) is 0.852. The van der Waals surface area contributed by atoms with Crippen molar-refractivity contribution in [1.29, 1.82) is 0 Å². The van der Waals surface area contributed by atoms with Crippen LogP contribution in [-0.2, 0) is 70.5 Å². The van der Waals surface area contributed by atoms with Crippen molar-refractivity contribution in [2.45, 2.75) is 96.6 Å². The molecule has 1 fully saturated rings. The number of hydrogen-bond donors (Lipinski definition) is 4. The Hall–Kier alpha value is -5.66. The van der Waals surface area contributed by atoms with E-state index in [0.29, 0.717) is 76.9 Å². The number of hydroxylamine groups is 2. The Morgan fingerprint density at radius 1 is 0.672 bits per heavy atom. The highest BCUT2D eigenvalue weighted by Gasteiger charge is 2.45. The quantitative estimate of drug-likeness (QED) is 0.0373. The number of anilines is 1. The molecule has 3 heterocycles. The van der Waals surface area contributed by atoms with E-state index < -0.39 is 88.7 Å². The number of hydrogen-bond acceptors (Lipinski definition) is 13. The zero-order valence-electron chi connectivity index (χ0n) is 36.6. The topological polar surface area (TPSA) is 287 Å². The molecule has 23 heteroatoms. The minimum absolute atomic E-state index is 0.00685. The molecule has 4 aromatic rings. The summed E-state index contributed by atoms with van der Waals surface area (Å²) < 4.78 is 141. The van der Waals surface area contributed by atoms with Crippen molar-refractivity contribution in [3.8, 4) is 0 Å². The first kappa shape index (κ1) is 49.3. The largest absolute Gasteiger partial charge is 0.344 e. The maximum Gasteiger partial charge on any atom is 0.333 e. The van der Waals surface area contributed by atoms with Crippen LogP contribution in [0.2, 0.25) is 0 Å². The third-order valence-corrected chi connectivity index (χ3v) is 15.7. The number of carbonyl (C=O) groups excluding carboxylic acids is 3. The summed E-state index contributed by atoms with van der Waals surface area (Å²) in [5.74, 6) is -1.93. The van der Waals surface area contributed by atoms with Crippen LogP contribution < -0.4 is 4.90 Å². The Kier molecular flexibility index (Phi) is 12.6. The molecule has 356 valence electrons. The van der Waals surface area contributed by atoms with Gasteiger partial charge in [0.25, 0.3) is 52.3 Å². The van der Waals surface area contributed by atoms with E-state index in [9.17, 15) is 66.3 Å². The summed E-state index contributed by atoms with van der Waals surface area (Å²) in [6.07, 6.45) is 9.94. The monoisotopic (exact) mass is 1000 g/mol. The average Bonchev–Trinajstić information content (AvgIpc) is 3.72. The smallest absolute Gasteiger partial charge is 0.333 e. The van der Waals surface area contributed by atoms with Gasteiger partial charge in [0.15, 0.2) is 5.71 Å². The van der Waals surface area contributed by atoms with Gasteiger partial charge in [0, 0.05) is 71.1 Å². The second-order valence-corrected chi connectivity index (χ2v) is 23.0. The zero-order chi connectivity index (χ0) is 49.4. The lowest BCUT2D eigenvalue weighted by Gasteiger charge is -2.27. The molecule has 4 aromatic carbocycles. The fraction of sp³-hybridized carbons (Fsp3) is 0.318. The summed E-state index contributed by atoms with van der Waals surface area (Å²) in [7, 11) is -18.0. The summed E-state index contributed by atoms with van der Waals surface area (Å²) in [4.78, 5) is 40.3. The van der Waals surface area contributed by atoms with Gasteiger partial charge >= 0.3 is 5.97 Å². The second-order valence-electron chi connectivity index (χ2n) is 17.4. The van der Waals surface area contributed by atoms with Crippen molar-refractivity contribution in [1.82, 2.24) is 5.06 Å². The lowest BCUT2D eigenvalue weighted by atomic mass is 9.79. The molecule has 7 rings (SSSR count). The Labute approximate surface area is 386 Å². The zero-order valence-corrected chi connectivity index (χ0v) is 39.9. The lowest BCUT2D eigenvalue weighted by molar-refractivity contribution is -0.401. The summed E-state index contributed by atoms with van der Waals surface area (Å²) in [5.41, 5.74) is 1.69. The van der Waals surface area contributed by atoms with Gasteiger partial charge < -0.3 is 9.74 Å². The fourth-order valence-corrected chi connectivity index (χ4v) is 12.0. The minimum Gasteiger partial charge on any atom is -0.344 e. The van der Waals surface area contributed by atoms with E-state index in [1.54, 1.807) is 49.6 Å². The Morgan fingerprint density at radius 2 is 1.21 bits per heavy atom. The van der Waals surface area contributed by atoms with Crippen molar-refractivity contribution in [2.75, 3.05) is 18.5 Å². The van der Waals surface area contributed by atoms with E-state index >= 15 is 0 Å². The van der Waals surface area contributed by atoms with Crippen LogP contribution >= 0.6 is 0 Å². The number of carbonyl (C=O) groups is 3. The molecular weight excluding hydrogens is 955 g/mol. The summed E-state index contributed by atoms with van der Waals surface area (Å²) in [6.45, 7) is 7.68. The van der Waals surface area contributed by atoms with Crippen LogP contribution in [0.4, 0.5) is 11.4 Å². The van der Waals surface area contributed by atoms with Crippen LogP contribution in [0, 0.1) is 0 Å². The predicted octanol–water partition coefficient (Wildman–Crippen LogP) is 5.95. The number of imide groups is 1. The third-order valence-electron chi connectivity index (χ3n) is 12.3. The third kappa shape index (κ3) is 9.21. The van der Waals surface area contributed by atoms with Gasteiger partial charge in [0.05, 0.1) is 15.2 Å². The number of rotatable bonds is 14. The molecule has 0 radical (unpaired) electrons. The van der Waals surface area contributed by atoms with E-state index in [1.165, 1.54) is 12.1 Å². The van der Waals surface area contributed by atoms with Crippen LogP contribution in [0.3, 0.4) is 0 Å². The minimum atomic E-state index is -4.99. The van der Waals surface area contributed by atoms with Gasteiger partial charge in [-0.3, -0.25) is 27.8 Å². The molecule has 0 saturated carbocycles. The van der Waals surface area contributed by atoms with Gasteiger partial charge in [-0.05, 0) is 85.5 Å². The van der Waals surface area contributed by atoms with Crippen LogP contribution in [0.5, 0.6) is 0 Å². The SMILES string of the molecule is C[N+]1=C(C=CC=CC=C2N(CCCCCC(=O)ON3C(=O)CCC3=O)c3ccc4c(S(=O)(=O)O)cc(S(=O)(=O)O)cc4c3C2(C)C)C(C)(C)c2c1ccc1c(S(=O)(=O)O)cc(S(=O)(=O)O)cc21. The number of fused-ring (bicyclic) bond motifs is 6. The van der Waals surface area contributed by atoms with Crippen molar-refractivity contribution in [2.24, 2.45) is 0 Å². The van der Waals surface area contributed by atoms with E-state index in [1.807, 2.05) is 37.2 Å². The first-order valence-electron chi connectivity index (χ1n) is 20.6. The molecule has 0 aromatic heterocycles. The van der Waals surface area contributed by atoms with E-state index in [2.05, 4.69) is 0 Å². The Balaban J connectivity index is 1.23. The molecule has 67 heavy (non-hydrogen) atoms. The molecule has 19 nitrogen and oxygen atoms in total. The number of amides is 2. The van der Waals surface area contributed by atoms with E-state index in [0.717, 1.165) is 12.1 Å². The Bertz CT molecular complexity index is 3430. The normalized spacial score (nSPS) is 18.1. The van der Waals surface area contributed by atoms with Crippen LogP contribution in [0.15, 0.2) is 104 Å². The molecule has 0 atom stereocenters. The predicted molar refractivity (Wildman–Crippen MR) is 243 cm³/mol. The maximum absolute atomic E-state index is 12.6. The molecule has 4 N–H and O–H groups in total. The van der Waals surface area contributed by atoms with Crippen LogP contribution in [0.25, 0.3) is 21.5 Å². The highest BCUT2D eigenvalue weighted by molar-refractivity contribution is 7.87. The molecule has 2 amide bonds. The molecule has 0 bridgehead atoms. The van der Waals surface area contributed by atoms with Gasteiger partial charge in [0.1, 0.15) is 16.8 Å². The summed E-state index contributed by atoms with van der Waals surface area (Å²) in [6, 6.07) is 9.83. The molecule has 0 unspecified atom stereocenters. The first-order chi connectivity index (χ1) is 31.0.